The Kier molecular flexibility index (Phi) is 3.28. The summed E-state index contributed by atoms with van der Waals surface area (Å²) in [6, 6.07) is 10.8. The van der Waals surface area contributed by atoms with Gasteiger partial charge in [0, 0.05) is 18.7 Å². The van der Waals surface area contributed by atoms with Gasteiger partial charge in [0.15, 0.2) is 0 Å². The molecule has 0 aliphatic carbocycles. The third-order valence-corrected chi connectivity index (χ3v) is 2.40. The van der Waals surface area contributed by atoms with Gasteiger partial charge < -0.3 is 10.4 Å². The molecule has 2 N–H and O–H groups in total. The lowest BCUT2D eigenvalue weighted by Gasteiger charge is -2.06. The molecule has 18 heavy (non-hydrogen) atoms. The molecular weight excluding hydrogens is 233 g/mol. The monoisotopic (exact) mass is 245 g/mol. The SMILES string of the molecule is CC(=O)Nc1cccc(-c2cc(O)cc(F)c2)c1. The minimum atomic E-state index is -0.505. The van der Waals surface area contributed by atoms with Crippen molar-refractivity contribution in [3.8, 4) is 16.9 Å². The molecule has 0 bridgehead atoms. The van der Waals surface area contributed by atoms with E-state index in [1.165, 1.54) is 19.1 Å². The van der Waals surface area contributed by atoms with E-state index in [4.69, 9.17) is 0 Å². The number of hydrogen-bond acceptors (Lipinski definition) is 2. The van der Waals surface area contributed by atoms with Crippen molar-refractivity contribution in [3.63, 3.8) is 0 Å². The van der Waals surface area contributed by atoms with Crippen molar-refractivity contribution in [3.05, 3.63) is 48.3 Å². The number of aromatic hydroxyl groups is 1. The number of rotatable bonds is 2. The number of carbonyl (C=O) groups is 1. The van der Waals surface area contributed by atoms with E-state index >= 15 is 0 Å². The van der Waals surface area contributed by atoms with Crippen molar-refractivity contribution in [2.75, 3.05) is 5.32 Å². The second-order valence-corrected chi connectivity index (χ2v) is 3.96. The molecule has 0 unspecified atom stereocenters. The number of nitrogens with one attached hydrogen (secondary N) is 1. The molecule has 0 aromatic heterocycles. The Morgan fingerprint density at radius 1 is 1.17 bits per heavy atom. The average Bonchev–Trinajstić information content (AvgIpc) is 2.27. The molecule has 0 radical (unpaired) electrons. The maximum Gasteiger partial charge on any atom is 0.221 e. The van der Waals surface area contributed by atoms with Crippen LogP contribution in [-0.2, 0) is 4.79 Å². The van der Waals surface area contributed by atoms with Gasteiger partial charge in [-0.05, 0) is 35.4 Å². The quantitative estimate of drug-likeness (QED) is 0.853. The first-order chi connectivity index (χ1) is 8.54. The van der Waals surface area contributed by atoms with Crippen LogP contribution in [0.3, 0.4) is 0 Å². The van der Waals surface area contributed by atoms with E-state index in [2.05, 4.69) is 5.32 Å². The molecule has 0 atom stereocenters. The molecule has 92 valence electrons. The first kappa shape index (κ1) is 12.1. The summed E-state index contributed by atoms with van der Waals surface area (Å²) in [6.07, 6.45) is 0. The lowest BCUT2D eigenvalue weighted by molar-refractivity contribution is -0.114. The van der Waals surface area contributed by atoms with Crippen molar-refractivity contribution in [2.24, 2.45) is 0 Å². The summed E-state index contributed by atoms with van der Waals surface area (Å²) in [5.41, 5.74) is 1.90. The Morgan fingerprint density at radius 3 is 2.61 bits per heavy atom. The predicted octanol–water partition coefficient (Wildman–Crippen LogP) is 3.16. The number of carbonyl (C=O) groups excluding carboxylic acids is 1. The minimum Gasteiger partial charge on any atom is -0.508 e. The molecule has 0 saturated carbocycles. The second-order valence-electron chi connectivity index (χ2n) is 3.96. The Bertz CT molecular complexity index is 576. The fraction of sp³-hybridized carbons (Fsp3) is 0.0714. The van der Waals surface area contributed by atoms with Crippen LogP contribution in [0, 0.1) is 5.82 Å². The molecule has 2 aromatic carbocycles. The highest BCUT2D eigenvalue weighted by atomic mass is 19.1. The zero-order chi connectivity index (χ0) is 13.1. The standard InChI is InChI=1S/C14H12FNO2/c1-9(17)16-13-4-2-3-10(6-13)11-5-12(15)8-14(18)7-11/h2-8,18H,1H3,(H,16,17). The lowest BCUT2D eigenvalue weighted by atomic mass is 10.0. The van der Waals surface area contributed by atoms with Gasteiger partial charge in [0.05, 0.1) is 0 Å². The smallest absolute Gasteiger partial charge is 0.221 e. The van der Waals surface area contributed by atoms with Crippen LogP contribution >= 0.6 is 0 Å². The Morgan fingerprint density at radius 2 is 1.94 bits per heavy atom. The highest BCUT2D eigenvalue weighted by molar-refractivity contribution is 5.89. The molecule has 4 heteroatoms. The fourth-order valence-electron chi connectivity index (χ4n) is 1.72. The van der Waals surface area contributed by atoms with Crippen molar-refractivity contribution < 1.29 is 14.3 Å². The number of amides is 1. The molecule has 0 spiro atoms. The molecule has 2 rings (SSSR count). The molecule has 1 amide bonds. The van der Waals surface area contributed by atoms with Crippen LogP contribution in [0.1, 0.15) is 6.92 Å². The summed E-state index contributed by atoms with van der Waals surface area (Å²) in [7, 11) is 0. The normalized spacial score (nSPS) is 10.1. The van der Waals surface area contributed by atoms with Gasteiger partial charge >= 0.3 is 0 Å². The minimum absolute atomic E-state index is 0.130. The molecule has 2 aromatic rings. The van der Waals surface area contributed by atoms with E-state index in [0.717, 1.165) is 11.6 Å². The van der Waals surface area contributed by atoms with Crippen LogP contribution in [0.4, 0.5) is 10.1 Å². The summed E-state index contributed by atoms with van der Waals surface area (Å²) >= 11 is 0. The van der Waals surface area contributed by atoms with E-state index < -0.39 is 5.82 Å². The third kappa shape index (κ3) is 2.85. The molecule has 0 aliphatic rings. The van der Waals surface area contributed by atoms with Gasteiger partial charge in [0.25, 0.3) is 0 Å². The van der Waals surface area contributed by atoms with Crippen LogP contribution in [0.5, 0.6) is 5.75 Å². The van der Waals surface area contributed by atoms with Gasteiger partial charge in [-0.15, -0.1) is 0 Å². The Hall–Kier alpha value is -2.36. The van der Waals surface area contributed by atoms with Crippen LogP contribution in [-0.4, -0.2) is 11.0 Å². The van der Waals surface area contributed by atoms with Crippen molar-refractivity contribution in [2.45, 2.75) is 6.92 Å². The van der Waals surface area contributed by atoms with Gasteiger partial charge in [-0.25, -0.2) is 4.39 Å². The molecule has 0 fully saturated rings. The molecule has 0 aliphatic heterocycles. The average molecular weight is 245 g/mol. The van der Waals surface area contributed by atoms with Gasteiger partial charge in [-0.2, -0.15) is 0 Å². The molecular formula is C14H12FNO2. The van der Waals surface area contributed by atoms with Crippen LogP contribution in [0.2, 0.25) is 0 Å². The maximum absolute atomic E-state index is 13.2. The summed E-state index contributed by atoms with van der Waals surface area (Å²) in [5.74, 6) is -0.806. The summed E-state index contributed by atoms with van der Waals surface area (Å²) in [5, 5.41) is 12.0. The zero-order valence-corrected chi connectivity index (χ0v) is 9.77. The highest BCUT2D eigenvalue weighted by Crippen LogP contribution is 2.26. The number of halogens is 1. The number of phenolic OH excluding ortho intramolecular Hbond substituents is 1. The topological polar surface area (TPSA) is 49.3 Å². The highest BCUT2D eigenvalue weighted by Gasteiger charge is 2.04. The molecule has 0 saturated heterocycles. The lowest BCUT2D eigenvalue weighted by Crippen LogP contribution is -2.05. The zero-order valence-electron chi connectivity index (χ0n) is 9.77. The van der Waals surface area contributed by atoms with Crippen molar-refractivity contribution in [1.82, 2.24) is 0 Å². The first-order valence-corrected chi connectivity index (χ1v) is 5.42. The van der Waals surface area contributed by atoms with Gasteiger partial charge in [-0.1, -0.05) is 12.1 Å². The number of phenols is 1. The van der Waals surface area contributed by atoms with Crippen molar-refractivity contribution in [1.29, 1.82) is 0 Å². The predicted molar refractivity (Wildman–Crippen MR) is 67.8 cm³/mol. The Balaban J connectivity index is 2.41. The van der Waals surface area contributed by atoms with E-state index in [-0.39, 0.29) is 11.7 Å². The molecule has 3 nitrogen and oxygen atoms in total. The Labute approximate surface area is 104 Å². The van der Waals surface area contributed by atoms with E-state index in [1.54, 1.807) is 24.3 Å². The van der Waals surface area contributed by atoms with Gasteiger partial charge in [0.1, 0.15) is 11.6 Å². The molecule has 0 heterocycles. The number of anilines is 1. The summed E-state index contributed by atoms with van der Waals surface area (Å²) in [6.45, 7) is 1.42. The summed E-state index contributed by atoms with van der Waals surface area (Å²) in [4.78, 5) is 11.0. The van der Waals surface area contributed by atoms with Crippen LogP contribution < -0.4 is 5.32 Å². The maximum atomic E-state index is 13.2. The summed E-state index contributed by atoms with van der Waals surface area (Å²) < 4.78 is 13.2. The second kappa shape index (κ2) is 4.87. The third-order valence-electron chi connectivity index (χ3n) is 2.40. The fourth-order valence-corrected chi connectivity index (χ4v) is 1.72. The van der Waals surface area contributed by atoms with Crippen LogP contribution in [0.15, 0.2) is 42.5 Å². The number of hydrogen-bond donors (Lipinski definition) is 2. The van der Waals surface area contributed by atoms with Crippen LogP contribution in [0.25, 0.3) is 11.1 Å². The van der Waals surface area contributed by atoms with Gasteiger partial charge in [0.2, 0.25) is 5.91 Å². The van der Waals surface area contributed by atoms with Gasteiger partial charge in [-0.3, -0.25) is 4.79 Å². The van der Waals surface area contributed by atoms with E-state index in [1.807, 2.05) is 0 Å². The van der Waals surface area contributed by atoms with Crippen molar-refractivity contribution >= 4 is 11.6 Å². The number of benzene rings is 2. The largest absolute Gasteiger partial charge is 0.508 e. The van der Waals surface area contributed by atoms with E-state index in [9.17, 15) is 14.3 Å². The van der Waals surface area contributed by atoms with E-state index in [0.29, 0.717) is 11.3 Å². The first-order valence-electron chi connectivity index (χ1n) is 5.42.